The van der Waals surface area contributed by atoms with E-state index in [-0.39, 0.29) is 5.91 Å². The van der Waals surface area contributed by atoms with Gasteiger partial charge < -0.3 is 0 Å². The molecule has 2 rings (SSSR count). The third-order valence-electron chi connectivity index (χ3n) is 3.97. The molecule has 3 nitrogen and oxygen atoms in total. The van der Waals surface area contributed by atoms with Gasteiger partial charge in [-0.25, -0.2) is 4.98 Å². The molecule has 0 saturated heterocycles. The van der Waals surface area contributed by atoms with Gasteiger partial charge in [0.05, 0.1) is 0 Å². The van der Waals surface area contributed by atoms with Gasteiger partial charge in [0.2, 0.25) is 5.91 Å². The van der Waals surface area contributed by atoms with Crippen LogP contribution in [0.3, 0.4) is 0 Å². The first-order valence-corrected chi connectivity index (χ1v) is 7.46. The second kappa shape index (κ2) is 7.27. The van der Waals surface area contributed by atoms with Crippen LogP contribution in [0, 0.1) is 5.92 Å². The molecular weight excluding hydrogens is 236 g/mol. The van der Waals surface area contributed by atoms with Gasteiger partial charge in [-0.3, -0.25) is 9.69 Å². The Balaban J connectivity index is 2.01. The number of nitrogens with zero attached hydrogens (tertiary/aromatic N) is 2. The van der Waals surface area contributed by atoms with Crippen molar-refractivity contribution < 1.29 is 4.79 Å². The molecule has 1 aromatic heterocycles. The largest absolute Gasteiger partial charge is 0.297 e. The number of hydrogen-bond donors (Lipinski definition) is 0. The minimum absolute atomic E-state index is 0.0979. The lowest BCUT2D eigenvalue weighted by atomic mass is 9.91. The van der Waals surface area contributed by atoms with Gasteiger partial charge in [-0.15, -0.1) is 0 Å². The van der Waals surface area contributed by atoms with Crippen LogP contribution < -0.4 is 4.90 Å². The smallest absolute Gasteiger partial charge is 0.225 e. The van der Waals surface area contributed by atoms with E-state index in [1.54, 1.807) is 13.1 Å². The zero-order valence-electron chi connectivity index (χ0n) is 11.8. The van der Waals surface area contributed by atoms with E-state index in [2.05, 4.69) is 4.98 Å². The van der Waals surface area contributed by atoms with Gasteiger partial charge in [0.25, 0.3) is 0 Å². The summed E-state index contributed by atoms with van der Waals surface area (Å²) in [5, 5.41) is 0. The van der Waals surface area contributed by atoms with Gasteiger partial charge in [0.15, 0.2) is 0 Å². The summed E-state index contributed by atoms with van der Waals surface area (Å²) in [7, 11) is 0. The Morgan fingerprint density at radius 3 is 2.47 bits per heavy atom. The highest BCUT2D eigenvalue weighted by molar-refractivity contribution is 5.90. The van der Waals surface area contributed by atoms with Gasteiger partial charge in [-0.1, -0.05) is 38.2 Å². The second-order valence-corrected chi connectivity index (χ2v) is 5.53. The molecule has 19 heavy (non-hydrogen) atoms. The zero-order chi connectivity index (χ0) is 13.5. The molecule has 0 bridgehead atoms. The van der Waals surface area contributed by atoms with E-state index in [0.717, 1.165) is 12.4 Å². The molecule has 0 N–H and O–H groups in total. The summed E-state index contributed by atoms with van der Waals surface area (Å²) in [5.74, 6) is 1.52. The Labute approximate surface area is 116 Å². The van der Waals surface area contributed by atoms with E-state index < -0.39 is 0 Å². The van der Waals surface area contributed by atoms with Crippen molar-refractivity contribution in [1.29, 1.82) is 0 Å². The van der Waals surface area contributed by atoms with Crippen LogP contribution in [0.15, 0.2) is 24.4 Å². The highest BCUT2D eigenvalue weighted by Crippen LogP contribution is 2.24. The molecule has 0 atom stereocenters. The van der Waals surface area contributed by atoms with E-state index >= 15 is 0 Å². The number of amides is 1. The van der Waals surface area contributed by atoms with Gasteiger partial charge in [-0.05, 0) is 30.9 Å². The molecule has 1 aliphatic carbocycles. The maximum absolute atomic E-state index is 11.9. The summed E-state index contributed by atoms with van der Waals surface area (Å²) in [5.41, 5.74) is 0. The monoisotopic (exact) mass is 260 g/mol. The number of carbonyl (C=O) groups excluding carboxylic acids is 1. The number of rotatable bonds is 3. The number of hydrogen-bond acceptors (Lipinski definition) is 2. The fraction of sp³-hybridized carbons (Fsp3) is 0.625. The topological polar surface area (TPSA) is 33.2 Å². The molecule has 1 aromatic rings. The fourth-order valence-electron chi connectivity index (χ4n) is 2.88. The molecule has 1 saturated carbocycles. The van der Waals surface area contributed by atoms with Crippen LogP contribution in [-0.2, 0) is 4.79 Å². The van der Waals surface area contributed by atoms with Gasteiger partial charge in [-0.2, -0.15) is 0 Å². The number of carbonyl (C=O) groups is 1. The molecule has 3 heteroatoms. The summed E-state index contributed by atoms with van der Waals surface area (Å²) < 4.78 is 0. The van der Waals surface area contributed by atoms with E-state index in [9.17, 15) is 4.79 Å². The molecule has 1 amide bonds. The Bertz CT molecular complexity index is 383. The normalized spacial score (nSPS) is 17.5. The van der Waals surface area contributed by atoms with Crippen LogP contribution in [0.4, 0.5) is 5.82 Å². The van der Waals surface area contributed by atoms with E-state index in [4.69, 9.17) is 0 Å². The Hall–Kier alpha value is -1.38. The molecule has 1 heterocycles. The zero-order valence-corrected chi connectivity index (χ0v) is 11.8. The summed E-state index contributed by atoms with van der Waals surface area (Å²) in [6.07, 6.45) is 10.9. The lowest BCUT2D eigenvalue weighted by molar-refractivity contribution is -0.116. The first-order chi connectivity index (χ1) is 9.27. The van der Waals surface area contributed by atoms with Crippen molar-refractivity contribution in [3.8, 4) is 0 Å². The van der Waals surface area contributed by atoms with Crippen molar-refractivity contribution in [2.45, 2.75) is 51.9 Å². The van der Waals surface area contributed by atoms with Crippen LogP contribution in [0.5, 0.6) is 0 Å². The molecule has 0 spiro atoms. The van der Waals surface area contributed by atoms with Crippen molar-refractivity contribution in [2.75, 3.05) is 11.4 Å². The quantitative estimate of drug-likeness (QED) is 0.828. The lowest BCUT2D eigenvalue weighted by Gasteiger charge is -2.27. The summed E-state index contributed by atoms with van der Waals surface area (Å²) >= 11 is 0. The van der Waals surface area contributed by atoms with Crippen molar-refractivity contribution in [3.05, 3.63) is 24.4 Å². The predicted octanol–water partition coefficient (Wildman–Crippen LogP) is 3.80. The van der Waals surface area contributed by atoms with Crippen molar-refractivity contribution >= 4 is 11.7 Å². The maximum Gasteiger partial charge on any atom is 0.225 e. The molecule has 0 aromatic carbocycles. The van der Waals surface area contributed by atoms with Crippen LogP contribution in [-0.4, -0.2) is 17.4 Å². The molecule has 1 aliphatic rings. The Morgan fingerprint density at radius 1 is 1.21 bits per heavy atom. The fourth-order valence-corrected chi connectivity index (χ4v) is 2.88. The van der Waals surface area contributed by atoms with Crippen LogP contribution in [0.25, 0.3) is 0 Å². The highest BCUT2D eigenvalue weighted by atomic mass is 16.2. The second-order valence-electron chi connectivity index (χ2n) is 5.53. The van der Waals surface area contributed by atoms with Gasteiger partial charge in [0.1, 0.15) is 5.82 Å². The number of pyridine rings is 1. The maximum atomic E-state index is 11.9. The molecule has 104 valence electrons. The SMILES string of the molecule is CC(=O)N(CC1CCCCCCC1)c1ccccn1. The predicted molar refractivity (Wildman–Crippen MR) is 78.1 cm³/mol. The highest BCUT2D eigenvalue weighted by Gasteiger charge is 2.19. The van der Waals surface area contributed by atoms with E-state index in [1.165, 1.54) is 44.9 Å². The standard InChI is InChI=1S/C16H24N2O/c1-14(19)18(16-11-7-8-12-17-16)13-15-9-5-3-2-4-6-10-15/h7-8,11-12,15H,2-6,9-10,13H2,1H3. The summed E-state index contributed by atoms with van der Waals surface area (Å²) in [4.78, 5) is 18.0. The molecule has 0 radical (unpaired) electrons. The molecule has 0 unspecified atom stereocenters. The van der Waals surface area contributed by atoms with Crippen molar-refractivity contribution in [2.24, 2.45) is 5.92 Å². The minimum Gasteiger partial charge on any atom is -0.297 e. The van der Waals surface area contributed by atoms with Crippen LogP contribution >= 0.6 is 0 Å². The average molecular weight is 260 g/mol. The Morgan fingerprint density at radius 2 is 1.89 bits per heavy atom. The lowest BCUT2D eigenvalue weighted by Crippen LogP contribution is -2.34. The third-order valence-corrected chi connectivity index (χ3v) is 3.97. The Kier molecular flexibility index (Phi) is 5.37. The van der Waals surface area contributed by atoms with E-state index in [1.807, 2.05) is 23.1 Å². The van der Waals surface area contributed by atoms with Crippen LogP contribution in [0.2, 0.25) is 0 Å². The van der Waals surface area contributed by atoms with Crippen molar-refractivity contribution in [3.63, 3.8) is 0 Å². The van der Waals surface area contributed by atoms with Gasteiger partial charge in [0, 0.05) is 19.7 Å². The number of aromatic nitrogens is 1. The summed E-state index contributed by atoms with van der Waals surface area (Å²) in [6.45, 7) is 2.46. The molecule has 1 fully saturated rings. The number of anilines is 1. The third kappa shape index (κ3) is 4.34. The first-order valence-electron chi connectivity index (χ1n) is 7.46. The molecule has 0 aliphatic heterocycles. The van der Waals surface area contributed by atoms with Gasteiger partial charge >= 0.3 is 0 Å². The molecular formula is C16H24N2O. The van der Waals surface area contributed by atoms with E-state index in [0.29, 0.717) is 5.92 Å². The minimum atomic E-state index is 0.0979. The summed E-state index contributed by atoms with van der Waals surface area (Å²) in [6, 6.07) is 5.75. The average Bonchev–Trinajstić information content (AvgIpc) is 2.38. The van der Waals surface area contributed by atoms with Crippen molar-refractivity contribution in [1.82, 2.24) is 4.98 Å². The first kappa shape index (κ1) is 14.0. The van der Waals surface area contributed by atoms with Crippen LogP contribution in [0.1, 0.15) is 51.9 Å².